The van der Waals surface area contributed by atoms with E-state index >= 15 is 0 Å². The first-order valence-corrected chi connectivity index (χ1v) is 9.50. The van der Waals surface area contributed by atoms with Crippen molar-refractivity contribution < 1.29 is 19.1 Å². The standard InChI is InChI=1S/C20H21NO4S/c1-3-25-20(23)17-13-26-19(15-7-5-4-6-8-15)21(17)18(22)14-9-11-16(24-2)12-10-14/h4-12,17,19H,3,13H2,1-2H3. The van der Waals surface area contributed by atoms with E-state index in [9.17, 15) is 9.59 Å². The van der Waals surface area contributed by atoms with Gasteiger partial charge in [-0.05, 0) is 36.8 Å². The van der Waals surface area contributed by atoms with Gasteiger partial charge in [0.2, 0.25) is 0 Å². The molecule has 0 saturated carbocycles. The highest BCUT2D eigenvalue weighted by atomic mass is 32.2. The maximum Gasteiger partial charge on any atom is 0.329 e. The number of benzene rings is 2. The Bertz CT molecular complexity index is 763. The Balaban J connectivity index is 1.94. The van der Waals surface area contributed by atoms with Crippen molar-refractivity contribution in [1.82, 2.24) is 4.90 Å². The first-order valence-electron chi connectivity index (χ1n) is 8.45. The normalized spacial score (nSPS) is 19.2. The average Bonchev–Trinajstić information content (AvgIpc) is 3.13. The van der Waals surface area contributed by atoms with Gasteiger partial charge in [0.05, 0.1) is 13.7 Å². The lowest BCUT2D eigenvalue weighted by Crippen LogP contribution is -2.43. The van der Waals surface area contributed by atoms with Gasteiger partial charge in [0.15, 0.2) is 0 Å². The Morgan fingerprint density at radius 2 is 1.81 bits per heavy atom. The molecule has 1 aliphatic heterocycles. The van der Waals surface area contributed by atoms with E-state index < -0.39 is 6.04 Å². The van der Waals surface area contributed by atoms with Gasteiger partial charge in [-0.3, -0.25) is 4.79 Å². The molecule has 1 heterocycles. The SMILES string of the molecule is CCOC(=O)C1CSC(c2ccccc2)N1C(=O)c1ccc(OC)cc1. The van der Waals surface area contributed by atoms with Crippen molar-refractivity contribution in [3.8, 4) is 5.75 Å². The highest BCUT2D eigenvalue weighted by molar-refractivity contribution is 7.99. The van der Waals surface area contributed by atoms with Gasteiger partial charge in [0.25, 0.3) is 5.91 Å². The summed E-state index contributed by atoms with van der Waals surface area (Å²) in [4.78, 5) is 27.3. The number of rotatable bonds is 5. The number of carbonyl (C=O) groups is 2. The second-order valence-electron chi connectivity index (χ2n) is 5.81. The summed E-state index contributed by atoms with van der Waals surface area (Å²) in [5.41, 5.74) is 1.51. The topological polar surface area (TPSA) is 55.8 Å². The smallest absolute Gasteiger partial charge is 0.329 e. The number of hydrogen-bond donors (Lipinski definition) is 0. The Morgan fingerprint density at radius 3 is 2.42 bits per heavy atom. The lowest BCUT2D eigenvalue weighted by Gasteiger charge is -2.28. The van der Waals surface area contributed by atoms with Crippen LogP contribution in [-0.2, 0) is 9.53 Å². The molecule has 6 heteroatoms. The molecule has 2 aromatic rings. The van der Waals surface area contributed by atoms with Crippen LogP contribution in [0.5, 0.6) is 5.75 Å². The average molecular weight is 371 g/mol. The number of hydrogen-bond acceptors (Lipinski definition) is 5. The second kappa shape index (κ2) is 8.27. The number of carbonyl (C=O) groups excluding carboxylic acids is 2. The maximum absolute atomic E-state index is 13.2. The molecular weight excluding hydrogens is 350 g/mol. The van der Waals surface area contributed by atoms with Gasteiger partial charge in [-0.1, -0.05) is 30.3 Å². The molecule has 0 bridgehead atoms. The van der Waals surface area contributed by atoms with E-state index in [0.29, 0.717) is 23.7 Å². The largest absolute Gasteiger partial charge is 0.497 e. The molecule has 0 radical (unpaired) electrons. The summed E-state index contributed by atoms with van der Waals surface area (Å²) in [5.74, 6) is 0.643. The Kier molecular flexibility index (Phi) is 5.83. The molecular formula is C20H21NO4S. The van der Waals surface area contributed by atoms with Gasteiger partial charge in [0.1, 0.15) is 17.2 Å². The number of thioether (sulfide) groups is 1. The van der Waals surface area contributed by atoms with E-state index in [4.69, 9.17) is 9.47 Å². The minimum atomic E-state index is -0.597. The van der Waals surface area contributed by atoms with Crippen LogP contribution in [0.25, 0.3) is 0 Å². The molecule has 1 aliphatic rings. The number of esters is 1. The van der Waals surface area contributed by atoms with E-state index in [1.807, 2.05) is 30.3 Å². The van der Waals surface area contributed by atoms with Crippen molar-refractivity contribution in [2.75, 3.05) is 19.5 Å². The van der Waals surface area contributed by atoms with Crippen LogP contribution in [0.15, 0.2) is 54.6 Å². The molecule has 3 rings (SSSR count). The van der Waals surface area contributed by atoms with Crippen LogP contribution in [0.3, 0.4) is 0 Å². The van der Waals surface area contributed by atoms with Gasteiger partial charge in [-0.2, -0.15) is 0 Å². The molecule has 26 heavy (non-hydrogen) atoms. The van der Waals surface area contributed by atoms with Crippen LogP contribution < -0.4 is 4.74 Å². The highest BCUT2D eigenvalue weighted by Gasteiger charge is 2.43. The zero-order valence-corrected chi connectivity index (χ0v) is 15.6. The van der Waals surface area contributed by atoms with E-state index in [1.165, 1.54) is 0 Å². The fraction of sp³-hybridized carbons (Fsp3) is 0.300. The van der Waals surface area contributed by atoms with Crippen LogP contribution in [-0.4, -0.2) is 42.3 Å². The van der Waals surface area contributed by atoms with Crippen LogP contribution in [0.2, 0.25) is 0 Å². The molecule has 1 amide bonds. The summed E-state index contributed by atoms with van der Waals surface area (Å²) in [6.45, 7) is 2.06. The van der Waals surface area contributed by atoms with E-state index in [2.05, 4.69) is 0 Å². The summed E-state index contributed by atoms with van der Waals surface area (Å²) in [6, 6.07) is 16.1. The van der Waals surface area contributed by atoms with Crippen molar-refractivity contribution in [2.45, 2.75) is 18.3 Å². The van der Waals surface area contributed by atoms with Gasteiger partial charge < -0.3 is 14.4 Å². The van der Waals surface area contributed by atoms with E-state index in [1.54, 1.807) is 55.0 Å². The van der Waals surface area contributed by atoms with Crippen LogP contribution >= 0.6 is 11.8 Å². The molecule has 0 N–H and O–H groups in total. The number of ether oxygens (including phenoxy) is 2. The molecule has 0 aliphatic carbocycles. The fourth-order valence-electron chi connectivity index (χ4n) is 2.93. The summed E-state index contributed by atoms with van der Waals surface area (Å²) in [6.07, 6.45) is 0. The number of nitrogens with zero attached hydrogens (tertiary/aromatic N) is 1. The second-order valence-corrected chi connectivity index (χ2v) is 6.92. The lowest BCUT2D eigenvalue weighted by atomic mass is 10.1. The Morgan fingerprint density at radius 1 is 1.12 bits per heavy atom. The summed E-state index contributed by atoms with van der Waals surface area (Å²) < 4.78 is 10.3. The molecule has 0 spiro atoms. The van der Waals surface area contributed by atoms with Gasteiger partial charge in [0, 0.05) is 11.3 Å². The first kappa shape index (κ1) is 18.3. The lowest BCUT2D eigenvalue weighted by molar-refractivity contribution is -0.147. The minimum Gasteiger partial charge on any atom is -0.497 e. The van der Waals surface area contributed by atoms with Crippen molar-refractivity contribution in [1.29, 1.82) is 0 Å². The van der Waals surface area contributed by atoms with Crippen molar-refractivity contribution in [3.63, 3.8) is 0 Å². The van der Waals surface area contributed by atoms with Crippen molar-refractivity contribution in [3.05, 3.63) is 65.7 Å². The third kappa shape index (κ3) is 3.70. The predicted molar refractivity (Wildman–Crippen MR) is 101 cm³/mol. The van der Waals surface area contributed by atoms with E-state index in [-0.39, 0.29) is 17.3 Å². The third-order valence-electron chi connectivity index (χ3n) is 4.22. The third-order valence-corrected chi connectivity index (χ3v) is 5.54. The van der Waals surface area contributed by atoms with Crippen LogP contribution in [0, 0.1) is 0 Å². The van der Waals surface area contributed by atoms with Crippen molar-refractivity contribution in [2.24, 2.45) is 0 Å². The zero-order valence-electron chi connectivity index (χ0n) is 14.8. The molecule has 1 fully saturated rings. The number of methoxy groups -OCH3 is 1. The fourth-order valence-corrected chi connectivity index (χ4v) is 4.35. The van der Waals surface area contributed by atoms with Gasteiger partial charge in [-0.25, -0.2) is 4.79 Å². The zero-order chi connectivity index (χ0) is 18.5. The summed E-state index contributed by atoms with van der Waals surface area (Å²) in [5, 5.41) is -0.222. The van der Waals surface area contributed by atoms with E-state index in [0.717, 1.165) is 5.56 Å². The first-order chi connectivity index (χ1) is 12.7. The molecule has 136 valence electrons. The number of amides is 1. The molecule has 1 saturated heterocycles. The molecule has 2 unspecified atom stereocenters. The van der Waals surface area contributed by atoms with Crippen LogP contribution in [0.4, 0.5) is 0 Å². The molecule has 0 aromatic heterocycles. The maximum atomic E-state index is 13.2. The Hall–Kier alpha value is -2.47. The van der Waals surface area contributed by atoms with Crippen molar-refractivity contribution >= 4 is 23.6 Å². The van der Waals surface area contributed by atoms with Gasteiger partial charge >= 0.3 is 5.97 Å². The predicted octanol–water partition coefficient (Wildman–Crippen LogP) is 3.51. The van der Waals surface area contributed by atoms with Gasteiger partial charge in [-0.15, -0.1) is 11.8 Å². The molecule has 5 nitrogen and oxygen atoms in total. The minimum absolute atomic E-state index is 0.190. The molecule has 2 atom stereocenters. The Labute approximate surface area is 157 Å². The monoisotopic (exact) mass is 371 g/mol. The quantitative estimate of drug-likeness (QED) is 0.753. The molecule has 2 aromatic carbocycles. The summed E-state index contributed by atoms with van der Waals surface area (Å²) in [7, 11) is 1.58. The highest BCUT2D eigenvalue weighted by Crippen LogP contribution is 2.42. The summed E-state index contributed by atoms with van der Waals surface area (Å²) >= 11 is 1.58. The van der Waals surface area contributed by atoms with Crippen LogP contribution in [0.1, 0.15) is 28.2 Å².